The quantitative estimate of drug-likeness (QED) is 0.800. The molecule has 2 saturated heterocycles. The van der Waals surface area contributed by atoms with Gasteiger partial charge in [-0.1, -0.05) is 6.92 Å². The van der Waals surface area contributed by atoms with Gasteiger partial charge in [0.1, 0.15) is 0 Å². The van der Waals surface area contributed by atoms with Crippen molar-refractivity contribution in [2.24, 2.45) is 5.92 Å². The summed E-state index contributed by atoms with van der Waals surface area (Å²) in [6.07, 6.45) is 5.70. The van der Waals surface area contributed by atoms with E-state index in [1.807, 2.05) is 9.80 Å². The number of benzene rings is 1. The maximum atomic E-state index is 12.8. The predicted molar refractivity (Wildman–Crippen MR) is 111 cm³/mol. The molecule has 1 unspecified atom stereocenters. The molecule has 0 radical (unpaired) electrons. The summed E-state index contributed by atoms with van der Waals surface area (Å²) in [5.74, 6) is 1.32. The average molecular weight is 393 g/mol. The zero-order valence-corrected chi connectivity index (χ0v) is 16.8. The maximum Gasteiger partial charge on any atom is 0.253 e. The molecule has 2 aliphatic heterocycles. The molecule has 3 heterocycles. The topological polar surface area (TPSA) is 69.6 Å². The molecule has 1 aromatic carbocycles. The SMILES string of the molecule is CC1CCCN(C(=O)c2ccc(C(=O)N3CCN(c4ncccn4)CC3)cc2)C1. The Hall–Kier alpha value is -2.96. The van der Waals surface area contributed by atoms with Gasteiger partial charge in [0.05, 0.1) is 0 Å². The lowest BCUT2D eigenvalue weighted by atomic mass is 9.99. The van der Waals surface area contributed by atoms with E-state index in [1.54, 1.807) is 42.7 Å². The number of piperidine rings is 1. The van der Waals surface area contributed by atoms with E-state index in [-0.39, 0.29) is 11.8 Å². The van der Waals surface area contributed by atoms with E-state index in [1.165, 1.54) is 6.42 Å². The van der Waals surface area contributed by atoms with Gasteiger partial charge in [-0.05, 0) is 49.1 Å². The number of hydrogen-bond acceptors (Lipinski definition) is 5. The van der Waals surface area contributed by atoms with Crippen molar-refractivity contribution in [3.05, 3.63) is 53.9 Å². The summed E-state index contributed by atoms with van der Waals surface area (Å²) in [6, 6.07) is 8.90. The summed E-state index contributed by atoms with van der Waals surface area (Å²) in [5.41, 5.74) is 1.28. The van der Waals surface area contributed by atoms with E-state index in [0.717, 1.165) is 19.5 Å². The summed E-state index contributed by atoms with van der Waals surface area (Å²) in [7, 11) is 0. The van der Waals surface area contributed by atoms with Crippen LogP contribution in [-0.4, -0.2) is 70.9 Å². The molecule has 0 bridgehead atoms. The Morgan fingerprint density at radius 2 is 1.45 bits per heavy atom. The molecule has 0 aliphatic carbocycles. The molecule has 7 nitrogen and oxygen atoms in total. The van der Waals surface area contributed by atoms with E-state index in [2.05, 4.69) is 21.8 Å². The summed E-state index contributed by atoms with van der Waals surface area (Å²) in [6.45, 7) is 6.49. The molecule has 2 fully saturated rings. The lowest BCUT2D eigenvalue weighted by molar-refractivity contribution is 0.0681. The third-order valence-corrected chi connectivity index (χ3v) is 5.72. The number of carbonyl (C=O) groups excluding carboxylic acids is 2. The molecule has 0 N–H and O–H groups in total. The fourth-order valence-electron chi connectivity index (χ4n) is 4.06. The number of rotatable bonds is 3. The zero-order chi connectivity index (χ0) is 20.2. The minimum atomic E-state index is 0.00391. The van der Waals surface area contributed by atoms with Crippen molar-refractivity contribution in [3.8, 4) is 0 Å². The van der Waals surface area contributed by atoms with E-state index in [0.29, 0.717) is 49.2 Å². The highest BCUT2D eigenvalue weighted by Gasteiger charge is 2.25. The van der Waals surface area contributed by atoms with Gasteiger partial charge in [0.15, 0.2) is 0 Å². The van der Waals surface area contributed by atoms with Crippen LogP contribution in [0.3, 0.4) is 0 Å². The van der Waals surface area contributed by atoms with Gasteiger partial charge in [0, 0.05) is 62.8 Å². The molecule has 1 aromatic heterocycles. The molecule has 2 aliphatic rings. The van der Waals surface area contributed by atoms with Gasteiger partial charge in [0.25, 0.3) is 11.8 Å². The number of hydrogen-bond donors (Lipinski definition) is 0. The monoisotopic (exact) mass is 393 g/mol. The Bertz CT molecular complexity index is 847. The Morgan fingerprint density at radius 1 is 0.862 bits per heavy atom. The number of carbonyl (C=O) groups is 2. The highest BCUT2D eigenvalue weighted by molar-refractivity contribution is 5.98. The largest absolute Gasteiger partial charge is 0.338 e. The van der Waals surface area contributed by atoms with Gasteiger partial charge >= 0.3 is 0 Å². The van der Waals surface area contributed by atoms with Crippen LogP contribution < -0.4 is 4.90 Å². The smallest absolute Gasteiger partial charge is 0.253 e. The summed E-state index contributed by atoms with van der Waals surface area (Å²) in [5, 5.41) is 0. The fourth-order valence-corrected chi connectivity index (χ4v) is 4.06. The van der Waals surface area contributed by atoms with Gasteiger partial charge in [0.2, 0.25) is 5.95 Å². The third-order valence-electron chi connectivity index (χ3n) is 5.72. The molecular weight excluding hydrogens is 366 g/mol. The molecule has 0 spiro atoms. The first-order valence-corrected chi connectivity index (χ1v) is 10.3. The number of anilines is 1. The van der Waals surface area contributed by atoms with Crippen molar-refractivity contribution in [2.75, 3.05) is 44.2 Å². The van der Waals surface area contributed by atoms with Crippen molar-refractivity contribution >= 4 is 17.8 Å². The van der Waals surface area contributed by atoms with Gasteiger partial charge in [-0.15, -0.1) is 0 Å². The van der Waals surface area contributed by atoms with Crippen LogP contribution in [0.25, 0.3) is 0 Å². The van der Waals surface area contributed by atoms with Crippen LogP contribution in [0.1, 0.15) is 40.5 Å². The Balaban J connectivity index is 1.35. The minimum absolute atomic E-state index is 0.00391. The van der Waals surface area contributed by atoms with Gasteiger partial charge < -0.3 is 14.7 Å². The number of aromatic nitrogens is 2. The van der Waals surface area contributed by atoms with E-state index < -0.39 is 0 Å². The van der Waals surface area contributed by atoms with E-state index >= 15 is 0 Å². The highest BCUT2D eigenvalue weighted by atomic mass is 16.2. The van der Waals surface area contributed by atoms with Crippen LogP contribution in [0.5, 0.6) is 0 Å². The first-order chi connectivity index (χ1) is 14.1. The van der Waals surface area contributed by atoms with Crippen LogP contribution in [0.2, 0.25) is 0 Å². The van der Waals surface area contributed by atoms with Crippen LogP contribution >= 0.6 is 0 Å². The third kappa shape index (κ3) is 4.39. The average Bonchev–Trinajstić information content (AvgIpc) is 2.79. The predicted octanol–water partition coefficient (Wildman–Crippen LogP) is 2.31. The lowest BCUT2D eigenvalue weighted by Crippen LogP contribution is -2.49. The Kier molecular flexibility index (Phi) is 5.74. The number of likely N-dealkylation sites (tertiary alicyclic amines) is 1. The van der Waals surface area contributed by atoms with Crippen LogP contribution in [-0.2, 0) is 0 Å². The first-order valence-electron chi connectivity index (χ1n) is 10.3. The highest BCUT2D eigenvalue weighted by Crippen LogP contribution is 2.19. The first kappa shape index (κ1) is 19.4. The van der Waals surface area contributed by atoms with Crippen molar-refractivity contribution < 1.29 is 9.59 Å². The van der Waals surface area contributed by atoms with E-state index in [4.69, 9.17) is 0 Å². The molecule has 29 heavy (non-hydrogen) atoms. The second-order valence-corrected chi connectivity index (χ2v) is 7.90. The second kappa shape index (κ2) is 8.59. The Labute approximate surface area is 171 Å². The van der Waals surface area contributed by atoms with Crippen LogP contribution in [0, 0.1) is 5.92 Å². The number of amides is 2. The zero-order valence-electron chi connectivity index (χ0n) is 16.8. The molecule has 7 heteroatoms. The number of piperazine rings is 1. The van der Waals surface area contributed by atoms with Crippen LogP contribution in [0.4, 0.5) is 5.95 Å². The second-order valence-electron chi connectivity index (χ2n) is 7.90. The molecule has 4 rings (SSSR count). The normalized spacial score (nSPS) is 19.9. The Morgan fingerprint density at radius 3 is 2.03 bits per heavy atom. The van der Waals surface area contributed by atoms with Crippen molar-refractivity contribution in [1.82, 2.24) is 19.8 Å². The maximum absolute atomic E-state index is 12.8. The van der Waals surface area contributed by atoms with Gasteiger partial charge in [-0.2, -0.15) is 0 Å². The van der Waals surface area contributed by atoms with Crippen molar-refractivity contribution in [3.63, 3.8) is 0 Å². The molecule has 2 aromatic rings. The molecule has 0 saturated carbocycles. The summed E-state index contributed by atoms with van der Waals surface area (Å²) < 4.78 is 0. The minimum Gasteiger partial charge on any atom is -0.338 e. The summed E-state index contributed by atoms with van der Waals surface area (Å²) >= 11 is 0. The van der Waals surface area contributed by atoms with Gasteiger partial charge in [-0.25, -0.2) is 9.97 Å². The lowest BCUT2D eigenvalue weighted by Gasteiger charge is -2.34. The summed E-state index contributed by atoms with van der Waals surface area (Å²) in [4.78, 5) is 40.0. The van der Waals surface area contributed by atoms with Crippen molar-refractivity contribution in [1.29, 1.82) is 0 Å². The van der Waals surface area contributed by atoms with Crippen molar-refractivity contribution in [2.45, 2.75) is 19.8 Å². The van der Waals surface area contributed by atoms with Gasteiger partial charge in [-0.3, -0.25) is 9.59 Å². The molecular formula is C22H27N5O2. The molecule has 2 amide bonds. The van der Waals surface area contributed by atoms with Crippen LogP contribution in [0.15, 0.2) is 42.7 Å². The molecule has 152 valence electrons. The standard InChI is InChI=1S/C22H27N5O2/c1-17-4-2-11-27(16-17)21(29)19-7-5-18(6-8-19)20(28)25-12-14-26(15-13-25)22-23-9-3-10-24-22/h3,5-10,17H,2,4,11-16H2,1H3. The number of nitrogens with zero attached hydrogens (tertiary/aromatic N) is 5. The molecule has 1 atom stereocenters. The van der Waals surface area contributed by atoms with E-state index in [9.17, 15) is 9.59 Å². The fraction of sp³-hybridized carbons (Fsp3) is 0.455.